The number of halogens is 1. The van der Waals surface area contributed by atoms with Crippen molar-refractivity contribution in [3.63, 3.8) is 0 Å². The molecule has 0 amide bonds. The van der Waals surface area contributed by atoms with Crippen molar-refractivity contribution < 1.29 is 29.6 Å². The van der Waals surface area contributed by atoms with Crippen molar-refractivity contribution in [3.8, 4) is 11.1 Å². The van der Waals surface area contributed by atoms with Gasteiger partial charge in [-0.25, -0.2) is 4.39 Å². The summed E-state index contributed by atoms with van der Waals surface area (Å²) in [5.41, 5.74) is 4.26. The van der Waals surface area contributed by atoms with Crippen molar-refractivity contribution in [2.75, 3.05) is 0 Å². The van der Waals surface area contributed by atoms with Crippen LogP contribution in [0.25, 0.3) is 17.2 Å². The van der Waals surface area contributed by atoms with E-state index in [0.29, 0.717) is 22.3 Å². The van der Waals surface area contributed by atoms with Gasteiger partial charge in [-0.3, -0.25) is 9.78 Å². The quantitative estimate of drug-likeness (QED) is 0.436. The van der Waals surface area contributed by atoms with E-state index in [1.54, 1.807) is 18.2 Å². The summed E-state index contributed by atoms with van der Waals surface area (Å²) in [5, 5.41) is 39.2. The van der Waals surface area contributed by atoms with Crippen LogP contribution in [0.1, 0.15) is 74.9 Å². The maximum atomic E-state index is 13.6. The van der Waals surface area contributed by atoms with Gasteiger partial charge in [0.15, 0.2) is 0 Å². The smallest absolute Gasteiger partial charge is 0.305 e. The first-order valence-electron chi connectivity index (χ1n) is 10.7. The summed E-state index contributed by atoms with van der Waals surface area (Å²) < 4.78 is 13.6. The van der Waals surface area contributed by atoms with Crippen LogP contribution in [0, 0.1) is 5.82 Å². The Bertz CT molecular complexity index is 954. The molecule has 0 aliphatic heterocycles. The van der Waals surface area contributed by atoms with Gasteiger partial charge in [0, 0.05) is 23.2 Å². The summed E-state index contributed by atoms with van der Waals surface area (Å²) in [6.45, 7) is 7.70. The highest BCUT2D eigenvalue weighted by Crippen LogP contribution is 2.37. The van der Waals surface area contributed by atoms with Crippen LogP contribution < -0.4 is 0 Å². The highest BCUT2D eigenvalue weighted by molar-refractivity contribution is 5.80. The molecule has 0 saturated carbocycles. The lowest BCUT2D eigenvalue weighted by Gasteiger charge is -2.23. The first-order valence-corrected chi connectivity index (χ1v) is 10.7. The monoisotopic (exact) mass is 445 g/mol. The summed E-state index contributed by atoms with van der Waals surface area (Å²) in [5.74, 6) is -1.45. The fourth-order valence-corrected chi connectivity index (χ4v) is 3.72. The Morgan fingerprint density at radius 2 is 1.66 bits per heavy atom. The third-order valence-corrected chi connectivity index (χ3v) is 5.19. The van der Waals surface area contributed by atoms with Crippen molar-refractivity contribution >= 4 is 12.0 Å². The number of hydrogen-bond donors (Lipinski definition) is 4. The molecule has 2 unspecified atom stereocenters. The van der Waals surface area contributed by atoms with E-state index >= 15 is 0 Å². The molecule has 2 rings (SSSR count). The number of benzene rings is 1. The molecule has 1 aromatic heterocycles. The van der Waals surface area contributed by atoms with E-state index in [4.69, 9.17) is 10.1 Å². The third kappa shape index (κ3) is 6.45. The van der Waals surface area contributed by atoms with Gasteiger partial charge in [-0.1, -0.05) is 52.0 Å². The van der Waals surface area contributed by atoms with Crippen molar-refractivity contribution in [2.24, 2.45) is 0 Å². The minimum atomic E-state index is -1.18. The number of carbonyl (C=O) groups is 1. The summed E-state index contributed by atoms with van der Waals surface area (Å²) >= 11 is 0. The lowest BCUT2D eigenvalue weighted by Crippen LogP contribution is -2.19. The maximum Gasteiger partial charge on any atom is 0.305 e. The predicted molar refractivity (Wildman–Crippen MR) is 122 cm³/mol. The normalized spacial score (nSPS) is 13.8. The summed E-state index contributed by atoms with van der Waals surface area (Å²) in [6, 6.07) is 5.99. The zero-order valence-corrected chi connectivity index (χ0v) is 18.9. The van der Waals surface area contributed by atoms with Crippen molar-refractivity contribution in [3.05, 3.63) is 58.7 Å². The molecule has 174 valence electrons. The molecule has 0 aliphatic carbocycles. The lowest BCUT2D eigenvalue weighted by molar-refractivity contribution is -0.139. The number of aliphatic hydroxyl groups excluding tert-OH is 3. The second-order valence-corrected chi connectivity index (χ2v) is 8.54. The summed E-state index contributed by atoms with van der Waals surface area (Å²) in [6.07, 6.45) is 0.327. The second kappa shape index (κ2) is 11.3. The Morgan fingerprint density at radius 3 is 2.16 bits per heavy atom. The second-order valence-electron chi connectivity index (χ2n) is 8.54. The Hall–Kier alpha value is -2.61. The number of rotatable bonds is 10. The molecule has 2 aromatic rings. The summed E-state index contributed by atoms with van der Waals surface area (Å²) in [7, 11) is 0. The van der Waals surface area contributed by atoms with E-state index in [2.05, 4.69) is 0 Å². The zero-order valence-electron chi connectivity index (χ0n) is 18.9. The van der Waals surface area contributed by atoms with Gasteiger partial charge in [0.2, 0.25) is 0 Å². The molecule has 1 aromatic carbocycles. The SMILES string of the molecule is CC(C)c1nc(C(C)C)c(CO)c(-c2ccc(F)cc2)c1/C=C/C(O)CC(O)CC(=O)O. The van der Waals surface area contributed by atoms with E-state index in [-0.39, 0.29) is 30.7 Å². The van der Waals surface area contributed by atoms with Gasteiger partial charge in [0.25, 0.3) is 0 Å². The predicted octanol–water partition coefficient (Wildman–Crippen LogP) is 4.23. The number of aromatic nitrogens is 1. The number of aliphatic hydroxyl groups is 3. The first kappa shape index (κ1) is 25.6. The van der Waals surface area contributed by atoms with Crippen LogP contribution in [0.3, 0.4) is 0 Å². The van der Waals surface area contributed by atoms with Crippen LogP contribution in [-0.2, 0) is 11.4 Å². The van der Waals surface area contributed by atoms with Crippen molar-refractivity contribution in [2.45, 2.75) is 71.2 Å². The molecule has 0 spiro atoms. The third-order valence-electron chi connectivity index (χ3n) is 5.19. The van der Waals surface area contributed by atoms with Gasteiger partial charge in [0.1, 0.15) is 5.82 Å². The molecule has 7 heteroatoms. The number of hydrogen-bond acceptors (Lipinski definition) is 5. The minimum absolute atomic E-state index is 0.0221. The number of carboxylic acid groups (broad SMARTS) is 1. The Balaban J connectivity index is 2.65. The molecular weight excluding hydrogens is 413 g/mol. The first-order chi connectivity index (χ1) is 15.0. The van der Waals surface area contributed by atoms with Gasteiger partial charge in [0.05, 0.1) is 30.9 Å². The van der Waals surface area contributed by atoms with E-state index in [9.17, 15) is 24.5 Å². The van der Waals surface area contributed by atoms with Crippen LogP contribution in [0.15, 0.2) is 30.3 Å². The minimum Gasteiger partial charge on any atom is -0.481 e. The number of aliphatic carboxylic acids is 1. The molecular formula is C25H32FNO5. The Labute approximate surface area is 188 Å². The molecule has 0 aliphatic rings. The molecule has 1 heterocycles. The van der Waals surface area contributed by atoms with E-state index in [1.807, 2.05) is 27.7 Å². The van der Waals surface area contributed by atoms with Crippen molar-refractivity contribution in [1.82, 2.24) is 4.98 Å². The molecule has 32 heavy (non-hydrogen) atoms. The topological polar surface area (TPSA) is 111 Å². The molecule has 0 bridgehead atoms. The number of pyridine rings is 1. The average Bonchev–Trinajstić information content (AvgIpc) is 2.70. The number of carboxylic acids is 1. The van der Waals surface area contributed by atoms with Crippen LogP contribution >= 0.6 is 0 Å². The largest absolute Gasteiger partial charge is 0.481 e. The highest BCUT2D eigenvalue weighted by atomic mass is 19.1. The molecule has 6 nitrogen and oxygen atoms in total. The van der Waals surface area contributed by atoms with Gasteiger partial charge >= 0.3 is 5.97 Å². The highest BCUT2D eigenvalue weighted by Gasteiger charge is 2.22. The van der Waals surface area contributed by atoms with E-state index in [1.165, 1.54) is 18.2 Å². The Morgan fingerprint density at radius 1 is 1.06 bits per heavy atom. The van der Waals surface area contributed by atoms with E-state index in [0.717, 1.165) is 11.4 Å². The maximum absolute atomic E-state index is 13.6. The standard InChI is InChI=1S/C25H32FNO5/c1-14(2)24-20(10-9-18(29)11-19(30)12-22(31)32)23(16-5-7-17(26)8-6-16)21(13-28)25(27-24)15(3)4/h5-10,14-15,18-19,28-30H,11-13H2,1-4H3,(H,31,32)/b10-9+. The number of nitrogens with zero attached hydrogens (tertiary/aromatic N) is 1. The van der Waals surface area contributed by atoms with Crippen LogP contribution in [0.2, 0.25) is 0 Å². The van der Waals surface area contributed by atoms with Crippen LogP contribution in [-0.4, -0.2) is 43.6 Å². The molecule has 0 fully saturated rings. The molecule has 2 atom stereocenters. The van der Waals surface area contributed by atoms with Gasteiger partial charge < -0.3 is 20.4 Å². The molecule has 0 radical (unpaired) electrons. The molecule has 4 N–H and O–H groups in total. The zero-order chi connectivity index (χ0) is 24.0. The lowest BCUT2D eigenvalue weighted by atomic mass is 9.87. The molecule has 0 saturated heterocycles. The average molecular weight is 446 g/mol. The van der Waals surface area contributed by atoms with Crippen molar-refractivity contribution in [1.29, 1.82) is 0 Å². The van der Waals surface area contributed by atoms with Crippen LogP contribution in [0.5, 0.6) is 0 Å². The van der Waals surface area contributed by atoms with Gasteiger partial charge in [-0.05, 0) is 35.1 Å². The van der Waals surface area contributed by atoms with E-state index < -0.39 is 24.6 Å². The van der Waals surface area contributed by atoms with Crippen LogP contribution in [0.4, 0.5) is 4.39 Å². The summed E-state index contributed by atoms with van der Waals surface area (Å²) in [4.78, 5) is 15.6. The van der Waals surface area contributed by atoms with Gasteiger partial charge in [-0.15, -0.1) is 0 Å². The fraction of sp³-hybridized carbons (Fsp3) is 0.440. The fourth-order valence-electron chi connectivity index (χ4n) is 3.72. The Kier molecular flexibility index (Phi) is 9.07. The van der Waals surface area contributed by atoms with Gasteiger partial charge in [-0.2, -0.15) is 0 Å².